The maximum atomic E-state index is 11.8. The largest absolute Gasteiger partial charge is 0.381 e. The molecule has 0 unspecified atom stereocenters. The smallest absolute Gasteiger partial charge is 0.296 e. The van der Waals surface area contributed by atoms with E-state index in [1.807, 2.05) is 6.92 Å². The zero-order valence-electron chi connectivity index (χ0n) is 9.76. The number of aryl methyl sites for hydroxylation is 1. The van der Waals surface area contributed by atoms with E-state index in [-0.39, 0.29) is 17.4 Å². The van der Waals surface area contributed by atoms with Crippen LogP contribution in [0.25, 0.3) is 0 Å². The van der Waals surface area contributed by atoms with Crippen molar-refractivity contribution in [1.82, 2.24) is 0 Å². The molecule has 1 fully saturated rings. The Morgan fingerprint density at radius 3 is 2.65 bits per heavy atom. The number of benzene rings is 1. The van der Waals surface area contributed by atoms with Crippen LogP contribution in [0.2, 0.25) is 0 Å². The lowest BCUT2D eigenvalue weighted by molar-refractivity contribution is 0.168. The Morgan fingerprint density at radius 2 is 2.06 bits per heavy atom. The number of hydrogen-bond donors (Lipinski definition) is 0. The number of rotatable bonds is 4. The fourth-order valence-corrected chi connectivity index (χ4v) is 2.65. The highest BCUT2D eigenvalue weighted by atomic mass is 32.2. The van der Waals surface area contributed by atoms with Crippen LogP contribution >= 0.6 is 0 Å². The first-order chi connectivity index (χ1) is 8.08. The van der Waals surface area contributed by atoms with Gasteiger partial charge in [-0.3, -0.25) is 4.18 Å². The fourth-order valence-electron chi connectivity index (χ4n) is 1.67. The van der Waals surface area contributed by atoms with E-state index in [1.165, 1.54) is 0 Å². The summed E-state index contributed by atoms with van der Waals surface area (Å²) in [4.78, 5) is 0.210. The lowest BCUT2D eigenvalue weighted by Gasteiger charge is -2.09. The summed E-state index contributed by atoms with van der Waals surface area (Å²) in [7, 11) is -3.62. The predicted octanol–water partition coefficient (Wildman–Crippen LogP) is 1.74. The van der Waals surface area contributed by atoms with Crippen molar-refractivity contribution in [2.45, 2.75) is 18.2 Å². The highest BCUT2D eigenvalue weighted by molar-refractivity contribution is 7.86. The van der Waals surface area contributed by atoms with E-state index in [0.29, 0.717) is 13.2 Å². The van der Waals surface area contributed by atoms with Gasteiger partial charge in [-0.1, -0.05) is 17.7 Å². The van der Waals surface area contributed by atoms with Crippen molar-refractivity contribution in [2.75, 3.05) is 19.8 Å². The zero-order valence-corrected chi connectivity index (χ0v) is 10.6. The molecule has 1 aromatic rings. The predicted molar refractivity (Wildman–Crippen MR) is 63.2 cm³/mol. The molecule has 1 aliphatic heterocycles. The molecule has 0 N–H and O–H groups in total. The average molecular weight is 256 g/mol. The number of hydrogen-bond acceptors (Lipinski definition) is 4. The molecule has 0 radical (unpaired) electrons. The van der Waals surface area contributed by atoms with Crippen molar-refractivity contribution in [1.29, 1.82) is 0 Å². The normalized spacial score (nSPS) is 20.6. The molecule has 0 aliphatic carbocycles. The van der Waals surface area contributed by atoms with Gasteiger partial charge >= 0.3 is 0 Å². The molecule has 1 heterocycles. The monoisotopic (exact) mass is 256 g/mol. The molecule has 94 valence electrons. The van der Waals surface area contributed by atoms with E-state index in [1.54, 1.807) is 24.3 Å². The SMILES string of the molecule is Cc1ccc(S(=O)(=O)OC[C@H]2CCOC2)cc1. The third-order valence-corrected chi connectivity index (χ3v) is 4.09. The molecule has 0 spiro atoms. The van der Waals surface area contributed by atoms with Gasteiger partial charge in [0.2, 0.25) is 0 Å². The maximum Gasteiger partial charge on any atom is 0.296 e. The molecule has 1 saturated heterocycles. The summed E-state index contributed by atoms with van der Waals surface area (Å²) in [5, 5.41) is 0. The first-order valence-electron chi connectivity index (χ1n) is 5.62. The van der Waals surface area contributed by atoms with Crippen molar-refractivity contribution in [3.05, 3.63) is 29.8 Å². The van der Waals surface area contributed by atoms with Crippen LogP contribution in [-0.2, 0) is 19.0 Å². The van der Waals surface area contributed by atoms with Gasteiger partial charge in [-0.2, -0.15) is 8.42 Å². The van der Waals surface area contributed by atoms with Crippen molar-refractivity contribution >= 4 is 10.1 Å². The summed E-state index contributed by atoms with van der Waals surface area (Å²) in [6, 6.07) is 6.65. The molecule has 5 heteroatoms. The first kappa shape index (κ1) is 12.5. The second-order valence-electron chi connectivity index (χ2n) is 4.28. The Kier molecular flexibility index (Phi) is 3.81. The van der Waals surface area contributed by atoms with Crippen LogP contribution in [0.5, 0.6) is 0 Å². The summed E-state index contributed by atoms with van der Waals surface area (Å²) in [6.07, 6.45) is 0.865. The Hall–Kier alpha value is -0.910. The molecule has 1 aliphatic rings. The van der Waals surface area contributed by atoms with Crippen LogP contribution in [0.4, 0.5) is 0 Å². The van der Waals surface area contributed by atoms with Crippen molar-refractivity contribution in [2.24, 2.45) is 5.92 Å². The minimum absolute atomic E-state index is 0.190. The van der Waals surface area contributed by atoms with Gasteiger partial charge in [0.05, 0.1) is 18.1 Å². The summed E-state index contributed by atoms with van der Waals surface area (Å²) in [5.41, 5.74) is 1.02. The third kappa shape index (κ3) is 3.28. The van der Waals surface area contributed by atoms with Gasteiger partial charge < -0.3 is 4.74 Å². The lowest BCUT2D eigenvalue weighted by Crippen LogP contribution is -2.14. The molecule has 17 heavy (non-hydrogen) atoms. The molecule has 0 aromatic heterocycles. The van der Waals surface area contributed by atoms with Gasteiger partial charge in [-0.05, 0) is 25.5 Å². The summed E-state index contributed by atoms with van der Waals surface area (Å²) in [6.45, 7) is 3.39. The molecule has 1 atom stereocenters. The maximum absolute atomic E-state index is 11.8. The van der Waals surface area contributed by atoms with Crippen LogP contribution < -0.4 is 0 Å². The van der Waals surface area contributed by atoms with E-state index in [2.05, 4.69) is 0 Å². The molecule has 4 nitrogen and oxygen atoms in total. The average Bonchev–Trinajstić information content (AvgIpc) is 2.80. The first-order valence-corrected chi connectivity index (χ1v) is 7.02. The zero-order chi connectivity index (χ0) is 12.3. The quantitative estimate of drug-likeness (QED) is 0.770. The lowest BCUT2D eigenvalue weighted by atomic mass is 10.1. The van der Waals surface area contributed by atoms with Gasteiger partial charge in [-0.25, -0.2) is 0 Å². The molecule has 0 amide bonds. The van der Waals surface area contributed by atoms with Crippen LogP contribution in [0, 0.1) is 12.8 Å². The minimum Gasteiger partial charge on any atom is -0.381 e. The Balaban J connectivity index is 2.00. The van der Waals surface area contributed by atoms with Gasteiger partial charge in [-0.15, -0.1) is 0 Å². The Labute approximate surface area is 102 Å². The molecule has 0 bridgehead atoms. The van der Waals surface area contributed by atoms with Gasteiger partial charge in [0.25, 0.3) is 10.1 Å². The summed E-state index contributed by atoms with van der Waals surface area (Å²) >= 11 is 0. The van der Waals surface area contributed by atoms with E-state index < -0.39 is 10.1 Å². The van der Waals surface area contributed by atoms with E-state index >= 15 is 0 Å². The van der Waals surface area contributed by atoms with Gasteiger partial charge in [0.15, 0.2) is 0 Å². The molecule has 0 saturated carbocycles. The Bertz CT molecular complexity index is 458. The molecular weight excluding hydrogens is 240 g/mol. The van der Waals surface area contributed by atoms with Crippen LogP contribution in [0.1, 0.15) is 12.0 Å². The topological polar surface area (TPSA) is 52.6 Å². The van der Waals surface area contributed by atoms with E-state index in [0.717, 1.165) is 12.0 Å². The fraction of sp³-hybridized carbons (Fsp3) is 0.500. The van der Waals surface area contributed by atoms with Crippen molar-refractivity contribution in [3.8, 4) is 0 Å². The standard InChI is InChI=1S/C12H16O4S/c1-10-2-4-12(5-3-10)17(13,14)16-9-11-6-7-15-8-11/h2-5,11H,6-9H2,1H3/t11-/m0/s1. The van der Waals surface area contributed by atoms with Crippen LogP contribution in [0.3, 0.4) is 0 Å². The molecule has 2 rings (SSSR count). The molecular formula is C12H16O4S. The van der Waals surface area contributed by atoms with E-state index in [4.69, 9.17) is 8.92 Å². The molecule has 1 aromatic carbocycles. The minimum atomic E-state index is -3.62. The van der Waals surface area contributed by atoms with Crippen molar-refractivity contribution < 1.29 is 17.3 Å². The second kappa shape index (κ2) is 5.16. The van der Waals surface area contributed by atoms with Crippen molar-refractivity contribution in [3.63, 3.8) is 0 Å². The highest BCUT2D eigenvalue weighted by Crippen LogP contribution is 2.17. The van der Waals surface area contributed by atoms with Crippen LogP contribution in [-0.4, -0.2) is 28.2 Å². The van der Waals surface area contributed by atoms with Crippen LogP contribution in [0.15, 0.2) is 29.2 Å². The highest BCUT2D eigenvalue weighted by Gasteiger charge is 2.21. The second-order valence-corrected chi connectivity index (χ2v) is 5.90. The summed E-state index contributed by atoms with van der Waals surface area (Å²) in [5.74, 6) is 0.190. The third-order valence-electron chi connectivity index (χ3n) is 2.79. The van der Waals surface area contributed by atoms with Gasteiger partial charge in [0, 0.05) is 12.5 Å². The summed E-state index contributed by atoms with van der Waals surface area (Å²) < 4.78 is 33.9. The van der Waals surface area contributed by atoms with Gasteiger partial charge in [0.1, 0.15) is 0 Å². The number of ether oxygens (including phenoxy) is 1. The Morgan fingerprint density at radius 1 is 1.35 bits per heavy atom. The van der Waals surface area contributed by atoms with E-state index in [9.17, 15) is 8.42 Å².